The highest BCUT2D eigenvalue weighted by molar-refractivity contribution is 6.31. The molecule has 3 amide bonds. The lowest BCUT2D eigenvalue weighted by Crippen LogP contribution is -2.44. The Balaban J connectivity index is 1.15. The van der Waals surface area contributed by atoms with Crippen molar-refractivity contribution in [1.29, 1.82) is 5.26 Å². The fourth-order valence-corrected chi connectivity index (χ4v) is 6.71. The molecular formula is C32H38ClN5O3. The van der Waals surface area contributed by atoms with E-state index in [2.05, 4.69) is 11.0 Å². The second-order valence-corrected chi connectivity index (χ2v) is 12.1. The van der Waals surface area contributed by atoms with E-state index in [1.54, 1.807) is 31.2 Å². The van der Waals surface area contributed by atoms with Crippen LogP contribution in [0.25, 0.3) is 0 Å². The Morgan fingerprint density at radius 2 is 1.63 bits per heavy atom. The lowest BCUT2D eigenvalue weighted by molar-refractivity contribution is -0.133. The number of nitrogens with zero attached hydrogens (tertiary/aromatic N) is 5. The largest absolute Gasteiger partial charge is 0.343 e. The number of amides is 3. The van der Waals surface area contributed by atoms with Gasteiger partial charge in [0.2, 0.25) is 11.8 Å². The van der Waals surface area contributed by atoms with Gasteiger partial charge in [0.25, 0.3) is 5.91 Å². The summed E-state index contributed by atoms with van der Waals surface area (Å²) in [6.45, 7) is 9.70. The Labute approximate surface area is 247 Å². The maximum Gasteiger partial charge on any atom is 0.253 e. The molecule has 3 saturated heterocycles. The standard InChI is InChI=1S/C32H38ClN5O3/c1-22-4-9-29(16-30(22)33)38(32(41)26-10-14-36(15-11-26)23(2)39)13-3-12-35-18-27-20-37(21-28(27)19-35)31(40)25-7-5-24(17-34)6-8-25/h4-9,16,26-28H,3,10-15,18-21H2,1-2H3. The van der Waals surface area contributed by atoms with Gasteiger partial charge in [0, 0.05) is 74.9 Å². The lowest BCUT2D eigenvalue weighted by atomic mass is 9.94. The molecular weight excluding hydrogens is 538 g/mol. The molecule has 8 nitrogen and oxygen atoms in total. The van der Waals surface area contributed by atoms with E-state index in [1.165, 1.54) is 0 Å². The average molecular weight is 576 g/mol. The Hall–Kier alpha value is -3.41. The number of anilines is 1. The van der Waals surface area contributed by atoms with Crippen molar-refractivity contribution < 1.29 is 14.4 Å². The summed E-state index contributed by atoms with van der Waals surface area (Å²) in [7, 11) is 0. The molecule has 0 saturated carbocycles. The highest BCUT2D eigenvalue weighted by Crippen LogP contribution is 2.32. The number of rotatable bonds is 7. The van der Waals surface area contributed by atoms with Gasteiger partial charge < -0.3 is 19.6 Å². The zero-order chi connectivity index (χ0) is 29.1. The number of fused-ring (bicyclic) bond motifs is 1. The third-order valence-corrected chi connectivity index (χ3v) is 9.40. The first kappa shape index (κ1) is 29.1. The fourth-order valence-electron chi connectivity index (χ4n) is 6.54. The van der Waals surface area contributed by atoms with Gasteiger partial charge in [-0.15, -0.1) is 0 Å². The summed E-state index contributed by atoms with van der Waals surface area (Å²) in [4.78, 5) is 46.6. The molecule has 2 atom stereocenters. The summed E-state index contributed by atoms with van der Waals surface area (Å²) in [5.74, 6) is 1.03. The molecule has 216 valence electrons. The van der Waals surface area contributed by atoms with Crippen LogP contribution in [0.5, 0.6) is 0 Å². The summed E-state index contributed by atoms with van der Waals surface area (Å²) >= 11 is 6.45. The number of hydrogen-bond donors (Lipinski definition) is 0. The molecule has 0 spiro atoms. The van der Waals surface area contributed by atoms with Gasteiger partial charge in [-0.1, -0.05) is 17.7 Å². The number of carbonyl (C=O) groups excluding carboxylic acids is 3. The maximum absolute atomic E-state index is 13.7. The molecule has 2 aromatic rings. The highest BCUT2D eigenvalue weighted by atomic mass is 35.5. The van der Waals surface area contributed by atoms with Crippen LogP contribution in [0.15, 0.2) is 42.5 Å². The molecule has 0 N–H and O–H groups in total. The van der Waals surface area contributed by atoms with Gasteiger partial charge >= 0.3 is 0 Å². The number of aryl methyl sites for hydroxylation is 1. The van der Waals surface area contributed by atoms with E-state index in [9.17, 15) is 14.4 Å². The normalized spacial score (nSPS) is 21.0. The Morgan fingerprint density at radius 1 is 0.976 bits per heavy atom. The predicted molar refractivity (Wildman–Crippen MR) is 159 cm³/mol. The minimum Gasteiger partial charge on any atom is -0.343 e. The molecule has 0 aliphatic carbocycles. The van der Waals surface area contributed by atoms with Crippen molar-refractivity contribution in [2.45, 2.75) is 33.1 Å². The number of nitriles is 1. The Morgan fingerprint density at radius 3 is 2.22 bits per heavy atom. The van der Waals surface area contributed by atoms with Crippen molar-refractivity contribution in [2.75, 3.05) is 57.3 Å². The zero-order valence-corrected chi connectivity index (χ0v) is 24.6. The van der Waals surface area contributed by atoms with E-state index in [4.69, 9.17) is 16.9 Å². The molecule has 41 heavy (non-hydrogen) atoms. The smallest absolute Gasteiger partial charge is 0.253 e. The Kier molecular flexibility index (Phi) is 8.96. The minimum atomic E-state index is -0.101. The van der Waals surface area contributed by atoms with Crippen molar-refractivity contribution in [1.82, 2.24) is 14.7 Å². The molecule has 0 bridgehead atoms. The minimum absolute atomic E-state index is 0.0375. The summed E-state index contributed by atoms with van der Waals surface area (Å²) in [5.41, 5.74) is 3.00. The quantitative estimate of drug-likeness (QED) is 0.494. The highest BCUT2D eigenvalue weighted by Gasteiger charge is 2.41. The molecule has 0 aromatic heterocycles. The molecule has 3 fully saturated rings. The van der Waals surface area contributed by atoms with Crippen molar-refractivity contribution in [3.63, 3.8) is 0 Å². The third kappa shape index (κ3) is 6.58. The van der Waals surface area contributed by atoms with Gasteiger partial charge in [-0.3, -0.25) is 14.4 Å². The molecule has 9 heteroatoms. The van der Waals surface area contributed by atoms with Crippen LogP contribution in [0.2, 0.25) is 5.02 Å². The molecule has 3 heterocycles. The number of piperidine rings is 1. The van der Waals surface area contributed by atoms with E-state index in [0.717, 1.165) is 50.4 Å². The van der Waals surface area contributed by atoms with E-state index in [-0.39, 0.29) is 23.6 Å². The summed E-state index contributed by atoms with van der Waals surface area (Å²) in [6.07, 6.45) is 2.21. The first-order valence-electron chi connectivity index (χ1n) is 14.6. The van der Waals surface area contributed by atoms with Crippen LogP contribution in [0.4, 0.5) is 5.69 Å². The lowest BCUT2D eigenvalue weighted by Gasteiger charge is -2.34. The molecule has 3 aliphatic heterocycles. The molecule has 5 rings (SSSR count). The average Bonchev–Trinajstić information content (AvgIpc) is 3.55. The first-order chi connectivity index (χ1) is 19.7. The Bertz CT molecular complexity index is 1320. The first-order valence-corrected chi connectivity index (χ1v) is 15.0. The van der Waals surface area contributed by atoms with Gasteiger partial charge in [-0.05, 0) is 86.5 Å². The second-order valence-electron chi connectivity index (χ2n) is 11.7. The summed E-state index contributed by atoms with van der Waals surface area (Å²) < 4.78 is 0. The molecule has 2 aromatic carbocycles. The van der Waals surface area contributed by atoms with Crippen LogP contribution < -0.4 is 4.90 Å². The molecule has 0 radical (unpaired) electrons. The van der Waals surface area contributed by atoms with Gasteiger partial charge in [-0.2, -0.15) is 5.26 Å². The van der Waals surface area contributed by atoms with Crippen LogP contribution in [-0.4, -0.2) is 84.8 Å². The molecule has 2 unspecified atom stereocenters. The molecule has 3 aliphatic rings. The topological polar surface area (TPSA) is 88.0 Å². The SMILES string of the molecule is CC(=O)N1CCC(C(=O)N(CCCN2CC3CN(C(=O)c4ccc(C#N)cc4)CC3C2)c2ccc(C)c(Cl)c2)CC1. The van der Waals surface area contributed by atoms with Gasteiger partial charge in [0.05, 0.1) is 11.6 Å². The van der Waals surface area contributed by atoms with Gasteiger partial charge in [0.15, 0.2) is 0 Å². The van der Waals surface area contributed by atoms with E-state index in [1.807, 2.05) is 39.8 Å². The fraction of sp³-hybridized carbons (Fsp3) is 0.500. The number of carbonyl (C=O) groups is 3. The summed E-state index contributed by atoms with van der Waals surface area (Å²) in [5, 5.41) is 9.66. The number of hydrogen-bond acceptors (Lipinski definition) is 5. The van der Waals surface area contributed by atoms with Crippen molar-refractivity contribution >= 4 is 35.0 Å². The van der Waals surface area contributed by atoms with Crippen LogP contribution >= 0.6 is 11.6 Å². The maximum atomic E-state index is 13.7. The van der Waals surface area contributed by atoms with Gasteiger partial charge in [0.1, 0.15) is 0 Å². The van der Waals surface area contributed by atoms with Crippen LogP contribution in [0.1, 0.15) is 47.7 Å². The van der Waals surface area contributed by atoms with Crippen LogP contribution in [-0.2, 0) is 9.59 Å². The number of likely N-dealkylation sites (tertiary alicyclic amines) is 3. The monoisotopic (exact) mass is 575 g/mol. The number of halogens is 1. The van der Waals surface area contributed by atoms with Crippen LogP contribution in [0, 0.1) is 36.0 Å². The van der Waals surface area contributed by atoms with Crippen molar-refractivity contribution in [3.8, 4) is 6.07 Å². The van der Waals surface area contributed by atoms with Crippen molar-refractivity contribution in [3.05, 3.63) is 64.2 Å². The van der Waals surface area contributed by atoms with Gasteiger partial charge in [-0.25, -0.2) is 0 Å². The predicted octanol–water partition coefficient (Wildman–Crippen LogP) is 4.21. The number of benzene rings is 2. The van der Waals surface area contributed by atoms with E-state index in [0.29, 0.717) is 60.5 Å². The third-order valence-electron chi connectivity index (χ3n) is 8.99. The zero-order valence-electron chi connectivity index (χ0n) is 23.9. The van der Waals surface area contributed by atoms with E-state index >= 15 is 0 Å². The van der Waals surface area contributed by atoms with Crippen LogP contribution in [0.3, 0.4) is 0 Å². The van der Waals surface area contributed by atoms with Crippen molar-refractivity contribution in [2.24, 2.45) is 17.8 Å². The van der Waals surface area contributed by atoms with E-state index < -0.39 is 0 Å². The summed E-state index contributed by atoms with van der Waals surface area (Å²) in [6, 6.07) is 14.8. The second kappa shape index (κ2) is 12.6.